The van der Waals surface area contributed by atoms with Crippen LogP contribution < -0.4 is 10.6 Å². The molecule has 1 fully saturated rings. The van der Waals surface area contributed by atoms with Crippen molar-refractivity contribution in [2.75, 3.05) is 0 Å². The molecule has 168 valence electrons. The van der Waals surface area contributed by atoms with Crippen LogP contribution >= 0.6 is 0 Å². The number of aryl methyl sites for hydroxylation is 3. The van der Waals surface area contributed by atoms with Gasteiger partial charge in [-0.1, -0.05) is 6.07 Å². The molecule has 0 unspecified atom stereocenters. The second-order valence-corrected chi connectivity index (χ2v) is 7.49. The minimum atomic E-state index is -0.716. The first-order valence-corrected chi connectivity index (χ1v) is 10.1. The van der Waals surface area contributed by atoms with Gasteiger partial charge in [0.15, 0.2) is 0 Å². The van der Waals surface area contributed by atoms with Crippen LogP contribution in [-0.2, 0) is 27.5 Å². The molecular weight excluding hydrogens is 402 g/mol. The number of hydrogen-bond donors (Lipinski definition) is 4. The van der Waals surface area contributed by atoms with Crippen LogP contribution in [0, 0.1) is 19.8 Å². The van der Waals surface area contributed by atoms with E-state index in [-0.39, 0.29) is 30.6 Å². The van der Waals surface area contributed by atoms with Crippen molar-refractivity contribution in [1.82, 2.24) is 25.4 Å². The monoisotopic (exact) mass is 431 g/mol. The molecule has 1 saturated carbocycles. The minimum Gasteiger partial charge on any atom is -0.483 e. The number of nitrogens with one attached hydrogen (secondary N) is 2. The van der Waals surface area contributed by atoms with Gasteiger partial charge in [0, 0.05) is 43.5 Å². The zero-order chi connectivity index (χ0) is 22.8. The van der Waals surface area contributed by atoms with E-state index in [0.717, 1.165) is 17.0 Å². The van der Waals surface area contributed by atoms with Crippen LogP contribution in [0.1, 0.15) is 36.2 Å². The van der Waals surface area contributed by atoms with E-state index in [1.165, 1.54) is 0 Å². The highest BCUT2D eigenvalue weighted by molar-refractivity contribution is 5.80. The van der Waals surface area contributed by atoms with E-state index in [1.54, 1.807) is 17.1 Å². The number of aliphatic hydroxyl groups excluding tert-OH is 1. The van der Waals surface area contributed by atoms with Crippen molar-refractivity contribution in [1.29, 1.82) is 0 Å². The molecule has 1 aliphatic rings. The maximum Gasteiger partial charge on any atom is 0.290 e. The Hall–Kier alpha value is -3.27. The largest absolute Gasteiger partial charge is 0.483 e. The Labute approximate surface area is 180 Å². The number of hydrogen-bond acceptors (Lipinski definition) is 6. The van der Waals surface area contributed by atoms with E-state index >= 15 is 0 Å². The van der Waals surface area contributed by atoms with Crippen LogP contribution in [0.25, 0.3) is 0 Å². The summed E-state index contributed by atoms with van der Waals surface area (Å²) < 4.78 is 1.80. The third-order valence-corrected chi connectivity index (χ3v) is 5.09. The van der Waals surface area contributed by atoms with Crippen LogP contribution in [0.2, 0.25) is 0 Å². The molecule has 0 radical (unpaired) electrons. The Morgan fingerprint density at radius 3 is 2.68 bits per heavy atom. The lowest BCUT2D eigenvalue weighted by Crippen LogP contribution is -2.40. The molecule has 3 atom stereocenters. The summed E-state index contributed by atoms with van der Waals surface area (Å²) in [6, 6.07) is 5.27. The zero-order valence-electron chi connectivity index (χ0n) is 17.7. The number of pyridine rings is 1. The van der Waals surface area contributed by atoms with Crippen LogP contribution in [0.4, 0.5) is 0 Å². The summed E-state index contributed by atoms with van der Waals surface area (Å²) >= 11 is 0. The van der Waals surface area contributed by atoms with Crippen LogP contribution in [0.3, 0.4) is 0 Å². The van der Waals surface area contributed by atoms with E-state index in [9.17, 15) is 14.7 Å². The molecule has 10 nitrogen and oxygen atoms in total. The van der Waals surface area contributed by atoms with Crippen molar-refractivity contribution >= 4 is 18.3 Å². The van der Waals surface area contributed by atoms with Crippen molar-refractivity contribution in [3.05, 3.63) is 47.5 Å². The summed E-state index contributed by atoms with van der Waals surface area (Å²) in [5.41, 5.74) is 2.85. The minimum absolute atomic E-state index is 0.109. The molecule has 2 amide bonds. The van der Waals surface area contributed by atoms with Gasteiger partial charge in [-0.15, -0.1) is 0 Å². The van der Waals surface area contributed by atoms with Gasteiger partial charge in [0.1, 0.15) is 0 Å². The van der Waals surface area contributed by atoms with E-state index in [1.807, 2.05) is 32.0 Å². The summed E-state index contributed by atoms with van der Waals surface area (Å²) in [6.07, 6.45) is 3.73. The molecule has 31 heavy (non-hydrogen) atoms. The SMILES string of the molecule is Cc1cc(C)n(CCC(=O)N[C@H]2C[C@H](C(=O)NCc3cccnc3)C[C@@H]2O)n1.O=CO. The summed E-state index contributed by atoms with van der Waals surface area (Å²) in [5.74, 6) is -0.566. The number of nitrogens with zero attached hydrogens (tertiary/aromatic N) is 3. The normalized spacial score (nSPS) is 19.8. The molecule has 10 heteroatoms. The van der Waals surface area contributed by atoms with Crippen molar-refractivity contribution in [3.63, 3.8) is 0 Å². The Bertz CT molecular complexity index is 870. The number of amides is 2. The van der Waals surface area contributed by atoms with Gasteiger partial charge in [0.05, 0.1) is 17.8 Å². The maximum absolute atomic E-state index is 12.4. The molecule has 4 N–H and O–H groups in total. The molecule has 2 heterocycles. The highest BCUT2D eigenvalue weighted by atomic mass is 16.3. The summed E-state index contributed by atoms with van der Waals surface area (Å²) in [6.45, 7) is 4.51. The Balaban J connectivity index is 0.00000107. The second-order valence-electron chi connectivity index (χ2n) is 7.49. The van der Waals surface area contributed by atoms with Gasteiger partial charge in [0.25, 0.3) is 6.47 Å². The number of aromatic nitrogens is 3. The second kappa shape index (κ2) is 11.8. The highest BCUT2D eigenvalue weighted by Gasteiger charge is 2.37. The smallest absolute Gasteiger partial charge is 0.290 e. The van der Waals surface area contributed by atoms with Gasteiger partial charge in [-0.2, -0.15) is 5.10 Å². The third-order valence-electron chi connectivity index (χ3n) is 5.09. The van der Waals surface area contributed by atoms with Gasteiger partial charge in [0.2, 0.25) is 11.8 Å². The molecule has 0 spiro atoms. The number of carbonyl (C=O) groups excluding carboxylic acids is 2. The molecule has 0 aromatic carbocycles. The first-order valence-electron chi connectivity index (χ1n) is 10.1. The summed E-state index contributed by atoms with van der Waals surface area (Å²) in [4.78, 5) is 37.0. The molecule has 3 rings (SSSR count). The van der Waals surface area contributed by atoms with Crippen molar-refractivity contribution in [2.24, 2.45) is 5.92 Å². The van der Waals surface area contributed by atoms with Gasteiger partial charge >= 0.3 is 0 Å². The molecule has 1 aliphatic carbocycles. The first-order chi connectivity index (χ1) is 14.8. The Kier molecular flexibility index (Phi) is 9.13. The van der Waals surface area contributed by atoms with Gasteiger partial charge < -0.3 is 20.8 Å². The van der Waals surface area contributed by atoms with Gasteiger partial charge in [-0.25, -0.2) is 0 Å². The number of carbonyl (C=O) groups is 3. The van der Waals surface area contributed by atoms with E-state index in [2.05, 4.69) is 20.7 Å². The number of aliphatic hydroxyl groups is 1. The van der Waals surface area contributed by atoms with E-state index < -0.39 is 12.1 Å². The fourth-order valence-electron chi connectivity index (χ4n) is 3.61. The third kappa shape index (κ3) is 7.49. The van der Waals surface area contributed by atoms with E-state index in [4.69, 9.17) is 9.90 Å². The predicted octanol–water partition coefficient (Wildman–Crippen LogP) is 0.558. The zero-order valence-corrected chi connectivity index (χ0v) is 17.7. The summed E-state index contributed by atoms with van der Waals surface area (Å²) in [7, 11) is 0. The average molecular weight is 431 g/mol. The van der Waals surface area contributed by atoms with Crippen molar-refractivity contribution in [3.8, 4) is 0 Å². The van der Waals surface area contributed by atoms with Gasteiger partial charge in [-0.3, -0.25) is 24.0 Å². The molecule has 2 aromatic heterocycles. The number of rotatable bonds is 7. The van der Waals surface area contributed by atoms with Crippen molar-refractivity contribution in [2.45, 2.75) is 58.3 Å². The fourth-order valence-corrected chi connectivity index (χ4v) is 3.61. The maximum atomic E-state index is 12.4. The lowest BCUT2D eigenvalue weighted by molar-refractivity contribution is -0.125. The predicted molar refractivity (Wildman–Crippen MR) is 112 cm³/mol. The lowest BCUT2D eigenvalue weighted by Gasteiger charge is -2.16. The standard InChI is InChI=1S/C20H27N5O3.CH2O2/c1-13-8-14(2)25(24-13)7-5-19(27)23-17-9-16(10-18(17)26)20(28)22-12-15-4-3-6-21-11-15;2-1-3/h3-4,6,8,11,16-18,26H,5,7,9-10,12H2,1-2H3,(H,22,28)(H,23,27);1H,(H,2,3)/t16-,17-,18-;/m0./s1. The van der Waals surface area contributed by atoms with Gasteiger partial charge in [-0.05, 0) is 44.4 Å². The average Bonchev–Trinajstić information content (AvgIpc) is 3.26. The molecule has 0 aliphatic heterocycles. The first kappa shape index (κ1) is 24.0. The highest BCUT2D eigenvalue weighted by Crippen LogP contribution is 2.26. The Morgan fingerprint density at radius 2 is 2.06 bits per heavy atom. The van der Waals surface area contributed by atoms with E-state index in [0.29, 0.717) is 25.9 Å². The van der Waals surface area contributed by atoms with Crippen LogP contribution in [-0.4, -0.2) is 55.4 Å². The van der Waals surface area contributed by atoms with Crippen molar-refractivity contribution < 1.29 is 24.6 Å². The number of carboxylic acid groups (broad SMARTS) is 1. The Morgan fingerprint density at radius 1 is 1.32 bits per heavy atom. The fraction of sp³-hybridized carbons (Fsp3) is 0.476. The quantitative estimate of drug-likeness (QED) is 0.468. The lowest BCUT2D eigenvalue weighted by atomic mass is 10.1. The van der Waals surface area contributed by atoms with Crippen LogP contribution in [0.15, 0.2) is 30.6 Å². The molecule has 0 saturated heterocycles. The topological polar surface area (TPSA) is 146 Å². The van der Waals surface area contributed by atoms with Crippen LogP contribution in [0.5, 0.6) is 0 Å². The molecule has 2 aromatic rings. The summed E-state index contributed by atoms with van der Waals surface area (Å²) in [5, 5.41) is 27.2. The molecule has 0 bridgehead atoms. The molecular formula is C21H29N5O5.